The first-order valence-electron chi connectivity index (χ1n) is 14.6. The van der Waals surface area contributed by atoms with E-state index in [9.17, 15) is 18.0 Å². The van der Waals surface area contributed by atoms with E-state index in [2.05, 4.69) is 5.32 Å². The Morgan fingerprint density at radius 3 is 2.17 bits per heavy atom. The molecule has 0 bridgehead atoms. The van der Waals surface area contributed by atoms with Crippen LogP contribution in [-0.2, 0) is 26.2 Å². The van der Waals surface area contributed by atoms with E-state index in [4.69, 9.17) is 4.74 Å². The number of aryl methyl sites for hydroxylation is 1. The van der Waals surface area contributed by atoms with Crippen molar-refractivity contribution in [3.8, 4) is 5.75 Å². The summed E-state index contributed by atoms with van der Waals surface area (Å²) in [5, 5.41) is 3.17. The highest BCUT2D eigenvalue weighted by molar-refractivity contribution is 7.92. The monoisotopic (exact) mass is 591 g/mol. The van der Waals surface area contributed by atoms with E-state index in [1.165, 1.54) is 30.6 Å². The molecule has 0 heterocycles. The van der Waals surface area contributed by atoms with E-state index < -0.39 is 28.5 Å². The van der Waals surface area contributed by atoms with Gasteiger partial charge in [0, 0.05) is 12.6 Å². The highest BCUT2D eigenvalue weighted by atomic mass is 32.2. The summed E-state index contributed by atoms with van der Waals surface area (Å²) in [5.41, 5.74) is 2.18. The Morgan fingerprint density at radius 1 is 0.929 bits per heavy atom. The maximum absolute atomic E-state index is 14.2. The number of sulfonamides is 1. The van der Waals surface area contributed by atoms with E-state index in [0.29, 0.717) is 17.9 Å². The predicted molar refractivity (Wildman–Crippen MR) is 165 cm³/mol. The Balaban J connectivity index is 1.68. The predicted octanol–water partition coefficient (Wildman–Crippen LogP) is 5.46. The number of benzene rings is 3. The topological polar surface area (TPSA) is 96.0 Å². The van der Waals surface area contributed by atoms with Crippen molar-refractivity contribution < 1.29 is 22.7 Å². The van der Waals surface area contributed by atoms with Crippen LogP contribution in [0.25, 0.3) is 0 Å². The van der Waals surface area contributed by atoms with Crippen LogP contribution in [0.4, 0.5) is 5.69 Å². The van der Waals surface area contributed by atoms with Crippen LogP contribution in [0.2, 0.25) is 0 Å². The van der Waals surface area contributed by atoms with Crippen molar-refractivity contribution in [1.29, 1.82) is 0 Å². The summed E-state index contributed by atoms with van der Waals surface area (Å²) in [6, 6.07) is 21.9. The summed E-state index contributed by atoms with van der Waals surface area (Å²) < 4.78 is 34.3. The van der Waals surface area contributed by atoms with Crippen LogP contribution in [-0.4, -0.2) is 50.9 Å². The molecule has 1 aliphatic rings. The van der Waals surface area contributed by atoms with Gasteiger partial charge in [0.2, 0.25) is 11.8 Å². The first-order chi connectivity index (χ1) is 20.2. The van der Waals surface area contributed by atoms with Crippen LogP contribution >= 0.6 is 0 Å². The first-order valence-corrected chi connectivity index (χ1v) is 16.0. The summed E-state index contributed by atoms with van der Waals surface area (Å²) in [4.78, 5) is 29.4. The molecule has 9 heteroatoms. The molecular formula is C33H41N3O5S. The number of hydrogen-bond donors (Lipinski definition) is 1. The molecule has 0 spiro atoms. The SMILES string of the molecule is CC[C@@H](C(=O)NC1CCCCC1)N(Cc1ccccc1)C(=O)CN(c1ccc(C)cc1)S(=O)(=O)c1ccc(OC)cc1. The normalized spacial score (nSPS) is 14.5. The van der Waals surface area contributed by atoms with Gasteiger partial charge >= 0.3 is 0 Å². The molecule has 3 aromatic rings. The molecule has 3 aromatic carbocycles. The number of nitrogens with one attached hydrogen (secondary N) is 1. The van der Waals surface area contributed by atoms with Crippen LogP contribution in [0.15, 0.2) is 83.8 Å². The number of methoxy groups -OCH3 is 1. The molecule has 0 aliphatic heterocycles. The summed E-state index contributed by atoms with van der Waals surface area (Å²) in [6.07, 6.45) is 5.56. The largest absolute Gasteiger partial charge is 0.497 e. The fraction of sp³-hybridized carbons (Fsp3) is 0.394. The highest BCUT2D eigenvalue weighted by Gasteiger charge is 2.34. The third kappa shape index (κ3) is 7.70. The minimum atomic E-state index is -4.14. The van der Waals surface area contributed by atoms with Crippen molar-refractivity contribution >= 4 is 27.5 Å². The van der Waals surface area contributed by atoms with E-state index in [1.807, 2.05) is 56.3 Å². The van der Waals surface area contributed by atoms with E-state index in [-0.39, 0.29) is 23.4 Å². The number of nitrogens with zero attached hydrogens (tertiary/aromatic N) is 2. The van der Waals surface area contributed by atoms with Gasteiger partial charge in [-0.1, -0.05) is 74.2 Å². The minimum absolute atomic E-state index is 0.0355. The summed E-state index contributed by atoms with van der Waals surface area (Å²) >= 11 is 0. The minimum Gasteiger partial charge on any atom is -0.497 e. The molecule has 0 radical (unpaired) electrons. The maximum Gasteiger partial charge on any atom is 0.264 e. The highest BCUT2D eigenvalue weighted by Crippen LogP contribution is 2.27. The molecule has 0 saturated heterocycles. The van der Waals surface area contributed by atoms with E-state index >= 15 is 0 Å². The fourth-order valence-corrected chi connectivity index (χ4v) is 6.77. The average Bonchev–Trinajstić information content (AvgIpc) is 3.01. The molecule has 42 heavy (non-hydrogen) atoms. The Bertz CT molecular complexity index is 1420. The van der Waals surface area contributed by atoms with Gasteiger partial charge < -0.3 is 15.0 Å². The zero-order valence-electron chi connectivity index (χ0n) is 24.7. The number of ether oxygens (including phenoxy) is 1. The quantitative estimate of drug-likeness (QED) is 0.302. The van der Waals surface area contributed by atoms with Crippen LogP contribution in [0.1, 0.15) is 56.6 Å². The lowest BCUT2D eigenvalue weighted by atomic mass is 9.95. The molecule has 1 atom stereocenters. The van der Waals surface area contributed by atoms with Crippen LogP contribution in [0.5, 0.6) is 5.75 Å². The Morgan fingerprint density at radius 2 is 1.57 bits per heavy atom. The van der Waals surface area contributed by atoms with Gasteiger partial charge in [-0.15, -0.1) is 0 Å². The van der Waals surface area contributed by atoms with Gasteiger partial charge in [-0.05, 0) is 68.1 Å². The van der Waals surface area contributed by atoms with E-state index in [0.717, 1.165) is 41.1 Å². The van der Waals surface area contributed by atoms with Gasteiger partial charge in [0.15, 0.2) is 0 Å². The van der Waals surface area contributed by atoms with Crippen molar-refractivity contribution in [3.63, 3.8) is 0 Å². The number of anilines is 1. The number of carbonyl (C=O) groups is 2. The second kappa shape index (κ2) is 14.4. The van der Waals surface area contributed by atoms with Crippen molar-refractivity contribution in [3.05, 3.63) is 90.0 Å². The Hall–Kier alpha value is -3.85. The number of carbonyl (C=O) groups excluding carboxylic acids is 2. The third-order valence-corrected chi connectivity index (χ3v) is 9.57. The molecule has 224 valence electrons. The van der Waals surface area contributed by atoms with Crippen molar-refractivity contribution in [1.82, 2.24) is 10.2 Å². The Kier molecular flexibility index (Phi) is 10.6. The second-order valence-electron chi connectivity index (χ2n) is 10.8. The molecule has 8 nitrogen and oxygen atoms in total. The van der Waals surface area contributed by atoms with Crippen LogP contribution in [0.3, 0.4) is 0 Å². The zero-order valence-corrected chi connectivity index (χ0v) is 25.5. The average molecular weight is 592 g/mol. The van der Waals surface area contributed by atoms with Crippen molar-refractivity contribution in [2.45, 2.75) is 75.9 Å². The van der Waals surface area contributed by atoms with Crippen molar-refractivity contribution in [2.75, 3.05) is 18.0 Å². The molecule has 1 aliphatic carbocycles. The van der Waals surface area contributed by atoms with E-state index in [1.54, 1.807) is 24.3 Å². The molecule has 4 rings (SSSR count). The summed E-state index contributed by atoms with van der Waals surface area (Å²) in [5.74, 6) is -0.133. The second-order valence-corrected chi connectivity index (χ2v) is 12.7. The van der Waals surface area contributed by atoms with Gasteiger partial charge in [0.1, 0.15) is 18.3 Å². The lowest BCUT2D eigenvalue weighted by Crippen LogP contribution is -2.54. The molecular weight excluding hydrogens is 550 g/mol. The zero-order chi connectivity index (χ0) is 30.1. The molecule has 1 N–H and O–H groups in total. The summed E-state index contributed by atoms with van der Waals surface area (Å²) in [6.45, 7) is 3.51. The van der Waals surface area contributed by atoms with Crippen LogP contribution < -0.4 is 14.4 Å². The van der Waals surface area contributed by atoms with Gasteiger partial charge in [-0.2, -0.15) is 0 Å². The molecule has 1 saturated carbocycles. The molecule has 0 aromatic heterocycles. The van der Waals surface area contributed by atoms with Gasteiger partial charge in [0.05, 0.1) is 17.7 Å². The fourth-order valence-electron chi connectivity index (χ4n) is 5.36. The van der Waals surface area contributed by atoms with Gasteiger partial charge in [-0.3, -0.25) is 13.9 Å². The van der Waals surface area contributed by atoms with Gasteiger partial charge in [0.25, 0.3) is 10.0 Å². The molecule has 0 unspecified atom stereocenters. The lowest BCUT2D eigenvalue weighted by molar-refractivity contribution is -0.140. The smallest absolute Gasteiger partial charge is 0.264 e. The van der Waals surface area contributed by atoms with Crippen molar-refractivity contribution in [2.24, 2.45) is 0 Å². The Labute approximate surface area is 249 Å². The third-order valence-electron chi connectivity index (χ3n) is 7.78. The molecule has 2 amide bonds. The number of amides is 2. The molecule has 1 fully saturated rings. The number of rotatable bonds is 12. The van der Waals surface area contributed by atoms with Crippen LogP contribution in [0, 0.1) is 6.92 Å². The maximum atomic E-state index is 14.2. The first kappa shape index (κ1) is 31.1. The van der Waals surface area contributed by atoms with Gasteiger partial charge in [-0.25, -0.2) is 8.42 Å². The standard InChI is InChI=1S/C33H41N3O5S/c1-4-31(33(38)34-27-13-9-6-10-14-27)35(23-26-11-7-5-8-12-26)32(37)24-36(28-17-15-25(2)16-18-28)42(39,40)30-21-19-29(41-3)20-22-30/h5,7-8,11-12,15-22,27,31H,4,6,9-10,13-14,23-24H2,1-3H3,(H,34,38)/t31-/m0/s1. The number of hydrogen-bond acceptors (Lipinski definition) is 5. The summed E-state index contributed by atoms with van der Waals surface area (Å²) in [7, 11) is -2.63. The lowest BCUT2D eigenvalue weighted by Gasteiger charge is -2.34.